The minimum atomic E-state index is -0.230. The number of hydrogen-bond acceptors (Lipinski definition) is 4. The van der Waals surface area contributed by atoms with Crippen LogP contribution in [0.4, 0.5) is 0 Å². The molecule has 3 heterocycles. The fourth-order valence-electron chi connectivity index (χ4n) is 5.38. The molecule has 1 aromatic heterocycles. The smallest absolute Gasteiger partial charge is 0.306 e. The van der Waals surface area contributed by atoms with Crippen molar-refractivity contribution >= 4 is 45.2 Å². The number of hydrogen-bond donors (Lipinski definition) is 1. The first-order valence-corrected chi connectivity index (χ1v) is 11.9. The fraction of sp³-hybridized carbons (Fsp3) is 0.269. The number of aromatic amines is 1. The number of nitrogens with zero attached hydrogens (tertiary/aromatic N) is 3. The Morgan fingerprint density at radius 2 is 1.56 bits per heavy atom. The van der Waals surface area contributed by atoms with Crippen LogP contribution in [0.5, 0.6) is 0 Å². The average molecular weight is 475 g/mol. The molecule has 1 fully saturated rings. The third kappa shape index (κ3) is 3.35. The second-order valence-electron chi connectivity index (χ2n) is 9.01. The summed E-state index contributed by atoms with van der Waals surface area (Å²) >= 11 is 6.16. The predicted molar refractivity (Wildman–Crippen MR) is 132 cm³/mol. The molecule has 34 heavy (non-hydrogen) atoms. The van der Waals surface area contributed by atoms with Gasteiger partial charge < -0.3 is 9.88 Å². The first-order valence-electron chi connectivity index (χ1n) is 11.5. The molecule has 7 nitrogen and oxygen atoms in total. The minimum Gasteiger partial charge on any atom is -0.306 e. The van der Waals surface area contributed by atoms with Gasteiger partial charge in [-0.3, -0.25) is 19.1 Å². The quantitative estimate of drug-likeness (QED) is 0.452. The molecule has 2 aliphatic rings. The molecule has 6 rings (SSSR count). The van der Waals surface area contributed by atoms with Gasteiger partial charge in [0.1, 0.15) is 0 Å². The molecule has 3 aromatic carbocycles. The van der Waals surface area contributed by atoms with Crippen LogP contribution in [0.1, 0.15) is 39.6 Å². The number of imidazole rings is 1. The van der Waals surface area contributed by atoms with Crippen molar-refractivity contribution in [1.29, 1.82) is 0 Å². The minimum absolute atomic E-state index is 0.0821. The SMILES string of the molecule is O=C1c2cccc3cccc(c23)C(=O)N1CCN1CCC(n2c(=O)[nH]c3ccc(Cl)cc32)CC1. The van der Waals surface area contributed by atoms with E-state index in [-0.39, 0.29) is 23.5 Å². The van der Waals surface area contributed by atoms with Crippen molar-refractivity contribution in [1.82, 2.24) is 19.4 Å². The molecular weight excluding hydrogens is 452 g/mol. The molecule has 2 aliphatic heterocycles. The van der Waals surface area contributed by atoms with E-state index in [1.165, 1.54) is 4.90 Å². The van der Waals surface area contributed by atoms with Gasteiger partial charge in [0, 0.05) is 53.8 Å². The van der Waals surface area contributed by atoms with E-state index >= 15 is 0 Å². The Morgan fingerprint density at radius 3 is 2.24 bits per heavy atom. The van der Waals surface area contributed by atoms with E-state index in [1.807, 2.05) is 41.0 Å². The van der Waals surface area contributed by atoms with Crippen LogP contribution in [-0.4, -0.2) is 57.3 Å². The summed E-state index contributed by atoms with van der Waals surface area (Å²) in [5, 5.41) is 2.26. The van der Waals surface area contributed by atoms with E-state index in [0.717, 1.165) is 47.7 Å². The maximum absolute atomic E-state index is 13.1. The molecule has 0 spiro atoms. The van der Waals surface area contributed by atoms with E-state index in [0.29, 0.717) is 29.2 Å². The largest absolute Gasteiger partial charge is 0.326 e. The van der Waals surface area contributed by atoms with Gasteiger partial charge in [-0.1, -0.05) is 35.9 Å². The van der Waals surface area contributed by atoms with Crippen LogP contribution in [0, 0.1) is 0 Å². The fourth-order valence-corrected chi connectivity index (χ4v) is 5.55. The zero-order valence-corrected chi connectivity index (χ0v) is 19.2. The molecule has 0 unspecified atom stereocenters. The van der Waals surface area contributed by atoms with Gasteiger partial charge in [0.2, 0.25) is 0 Å². The maximum atomic E-state index is 13.1. The lowest BCUT2D eigenvalue weighted by molar-refractivity contribution is 0.0583. The number of H-pyrrole nitrogens is 1. The molecule has 0 saturated carbocycles. The Morgan fingerprint density at radius 1 is 0.882 bits per heavy atom. The normalized spacial score (nSPS) is 17.3. The average Bonchev–Trinajstić information content (AvgIpc) is 3.17. The Hall–Kier alpha value is -3.42. The molecule has 172 valence electrons. The summed E-state index contributed by atoms with van der Waals surface area (Å²) in [4.78, 5) is 45.4. The molecule has 0 radical (unpaired) electrons. The number of amides is 2. The van der Waals surface area contributed by atoms with E-state index in [2.05, 4.69) is 9.88 Å². The summed E-state index contributed by atoms with van der Waals surface area (Å²) in [7, 11) is 0. The number of halogens is 1. The summed E-state index contributed by atoms with van der Waals surface area (Å²) in [5.74, 6) is -0.460. The summed E-state index contributed by atoms with van der Waals surface area (Å²) < 4.78 is 1.81. The highest BCUT2D eigenvalue weighted by Gasteiger charge is 2.33. The van der Waals surface area contributed by atoms with Crippen molar-refractivity contribution in [3.63, 3.8) is 0 Å². The van der Waals surface area contributed by atoms with Gasteiger partial charge in [-0.15, -0.1) is 0 Å². The number of aromatic nitrogens is 2. The maximum Gasteiger partial charge on any atom is 0.326 e. The molecule has 4 aromatic rings. The highest BCUT2D eigenvalue weighted by Crippen LogP contribution is 2.30. The molecule has 0 atom stereocenters. The van der Waals surface area contributed by atoms with E-state index < -0.39 is 0 Å². The highest BCUT2D eigenvalue weighted by molar-refractivity contribution is 6.31. The number of piperidine rings is 1. The first-order chi connectivity index (χ1) is 16.5. The third-order valence-electron chi connectivity index (χ3n) is 7.10. The number of likely N-dealkylation sites (tertiary alicyclic amines) is 1. The van der Waals surface area contributed by atoms with Crippen molar-refractivity contribution in [2.45, 2.75) is 18.9 Å². The van der Waals surface area contributed by atoms with Crippen molar-refractivity contribution in [3.05, 3.63) is 81.2 Å². The molecule has 8 heteroatoms. The van der Waals surface area contributed by atoms with Crippen molar-refractivity contribution in [3.8, 4) is 0 Å². The topological polar surface area (TPSA) is 78.4 Å². The summed E-state index contributed by atoms with van der Waals surface area (Å²) in [5.41, 5.74) is 2.67. The zero-order chi connectivity index (χ0) is 23.4. The van der Waals surface area contributed by atoms with Gasteiger partial charge in [0.15, 0.2) is 0 Å². The Bertz CT molecular complexity index is 1460. The molecule has 1 saturated heterocycles. The van der Waals surface area contributed by atoms with Crippen molar-refractivity contribution in [2.24, 2.45) is 0 Å². The van der Waals surface area contributed by atoms with Crippen LogP contribution in [0.25, 0.3) is 21.8 Å². The molecule has 1 N–H and O–H groups in total. The van der Waals surface area contributed by atoms with Gasteiger partial charge in [0.25, 0.3) is 11.8 Å². The summed E-state index contributed by atoms with van der Waals surface area (Å²) in [6.07, 6.45) is 1.62. The van der Waals surface area contributed by atoms with Gasteiger partial charge in [0.05, 0.1) is 11.0 Å². The Kier molecular flexibility index (Phi) is 5.04. The van der Waals surface area contributed by atoms with Crippen LogP contribution in [-0.2, 0) is 0 Å². The Labute approximate surface area is 200 Å². The standard InChI is InChI=1S/C26H23ClN4O3/c27-17-7-8-21-22(15-17)31(26(34)28-21)18-9-11-29(12-10-18)13-14-30-24(32)19-5-1-3-16-4-2-6-20(23(16)19)25(30)33/h1-8,15,18H,9-14H2,(H,28,34). The monoisotopic (exact) mass is 474 g/mol. The second kappa shape index (κ2) is 8.11. The predicted octanol–water partition coefficient (Wildman–Crippen LogP) is 4.07. The van der Waals surface area contributed by atoms with Crippen LogP contribution < -0.4 is 5.69 Å². The number of fused-ring (bicyclic) bond motifs is 1. The second-order valence-corrected chi connectivity index (χ2v) is 9.44. The van der Waals surface area contributed by atoms with E-state index in [9.17, 15) is 14.4 Å². The van der Waals surface area contributed by atoms with Gasteiger partial charge in [-0.2, -0.15) is 0 Å². The van der Waals surface area contributed by atoms with Gasteiger partial charge in [-0.05, 0) is 48.6 Å². The zero-order valence-electron chi connectivity index (χ0n) is 18.5. The lowest BCUT2D eigenvalue weighted by Crippen LogP contribution is -2.46. The molecule has 2 amide bonds. The van der Waals surface area contributed by atoms with Crippen LogP contribution >= 0.6 is 11.6 Å². The Balaban J connectivity index is 1.15. The lowest BCUT2D eigenvalue weighted by atomic mass is 9.94. The van der Waals surface area contributed by atoms with E-state index in [4.69, 9.17) is 11.6 Å². The van der Waals surface area contributed by atoms with Gasteiger partial charge >= 0.3 is 5.69 Å². The molecule has 0 bridgehead atoms. The van der Waals surface area contributed by atoms with Crippen molar-refractivity contribution < 1.29 is 9.59 Å². The first kappa shape index (κ1) is 21.1. The number of benzene rings is 3. The number of carbonyl (C=O) groups is 2. The summed E-state index contributed by atoms with van der Waals surface area (Å²) in [6.45, 7) is 2.52. The van der Waals surface area contributed by atoms with Gasteiger partial charge in [-0.25, -0.2) is 4.79 Å². The van der Waals surface area contributed by atoms with Crippen LogP contribution in [0.3, 0.4) is 0 Å². The highest BCUT2D eigenvalue weighted by atomic mass is 35.5. The number of carbonyl (C=O) groups excluding carboxylic acids is 2. The lowest BCUT2D eigenvalue weighted by Gasteiger charge is -2.34. The van der Waals surface area contributed by atoms with Crippen LogP contribution in [0.2, 0.25) is 5.02 Å². The number of imide groups is 1. The number of rotatable bonds is 4. The van der Waals surface area contributed by atoms with Crippen molar-refractivity contribution in [2.75, 3.05) is 26.2 Å². The van der Waals surface area contributed by atoms with Crippen LogP contribution in [0.15, 0.2) is 59.4 Å². The molecule has 0 aliphatic carbocycles. The number of nitrogens with one attached hydrogen (secondary N) is 1. The summed E-state index contributed by atoms with van der Waals surface area (Å²) in [6, 6.07) is 16.7. The third-order valence-corrected chi connectivity index (χ3v) is 7.33. The van der Waals surface area contributed by atoms with E-state index in [1.54, 1.807) is 18.2 Å². The molecular formula is C26H23ClN4O3.